The van der Waals surface area contributed by atoms with Crippen LogP contribution in [-0.4, -0.2) is 9.55 Å². The summed E-state index contributed by atoms with van der Waals surface area (Å²) in [6.07, 6.45) is 7.28. The van der Waals surface area contributed by atoms with E-state index in [2.05, 4.69) is 53.7 Å². The molecule has 0 radical (unpaired) electrons. The lowest BCUT2D eigenvalue weighted by molar-refractivity contribution is 0.910. The van der Waals surface area contributed by atoms with Gasteiger partial charge in [-0.05, 0) is 86.2 Å². The summed E-state index contributed by atoms with van der Waals surface area (Å²) in [6, 6.07) is 16.9. The van der Waals surface area contributed by atoms with Gasteiger partial charge in [0.05, 0.1) is 11.3 Å². The Morgan fingerprint density at radius 3 is 2.73 bits per heavy atom. The van der Waals surface area contributed by atoms with Crippen molar-refractivity contribution in [2.45, 2.75) is 33.1 Å². The Bertz CT molecular complexity index is 1030. The maximum Gasteiger partial charge on any atom is 0.101 e. The van der Waals surface area contributed by atoms with Crippen LogP contribution in [0, 0.1) is 25.2 Å². The Morgan fingerprint density at radius 1 is 1.12 bits per heavy atom. The third-order valence-corrected chi connectivity index (χ3v) is 5.17. The normalized spacial score (nSPS) is 13.5. The van der Waals surface area contributed by atoms with Gasteiger partial charge in [-0.1, -0.05) is 12.1 Å². The van der Waals surface area contributed by atoms with Crippen molar-refractivity contribution in [3.05, 3.63) is 82.4 Å². The molecule has 0 bridgehead atoms. The van der Waals surface area contributed by atoms with Gasteiger partial charge in [-0.3, -0.25) is 4.98 Å². The van der Waals surface area contributed by atoms with Crippen LogP contribution in [0.15, 0.2) is 48.7 Å². The molecule has 2 heterocycles. The highest BCUT2D eigenvalue weighted by atomic mass is 15.0. The minimum Gasteiger partial charge on any atom is -0.318 e. The van der Waals surface area contributed by atoms with E-state index in [4.69, 9.17) is 0 Å². The van der Waals surface area contributed by atoms with E-state index in [0.717, 1.165) is 11.3 Å². The molecule has 0 fully saturated rings. The molecule has 128 valence electrons. The minimum atomic E-state index is 0.583. The average Bonchev–Trinajstić information content (AvgIpc) is 3.24. The third kappa shape index (κ3) is 2.84. The van der Waals surface area contributed by atoms with Crippen molar-refractivity contribution in [1.29, 1.82) is 5.26 Å². The Labute approximate surface area is 154 Å². The van der Waals surface area contributed by atoms with Crippen LogP contribution >= 0.6 is 0 Å². The van der Waals surface area contributed by atoms with Gasteiger partial charge >= 0.3 is 0 Å². The molecule has 0 N–H and O–H groups in total. The van der Waals surface area contributed by atoms with E-state index in [1.54, 1.807) is 6.20 Å². The van der Waals surface area contributed by atoms with Crippen LogP contribution < -0.4 is 0 Å². The Hall–Kier alpha value is -3.12. The smallest absolute Gasteiger partial charge is 0.101 e. The van der Waals surface area contributed by atoms with Crippen LogP contribution in [0.2, 0.25) is 0 Å². The maximum absolute atomic E-state index is 9.57. The van der Waals surface area contributed by atoms with Crippen LogP contribution in [0.1, 0.15) is 40.2 Å². The largest absolute Gasteiger partial charge is 0.318 e. The van der Waals surface area contributed by atoms with E-state index in [9.17, 15) is 5.26 Å². The van der Waals surface area contributed by atoms with E-state index in [0.29, 0.717) is 11.3 Å². The number of nitrogens with zero attached hydrogens (tertiary/aromatic N) is 3. The van der Waals surface area contributed by atoms with Gasteiger partial charge in [0.1, 0.15) is 6.07 Å². The number of pyridine rings is 1. The number of hydrogen-bond donors (Lipinski definition) is 0. The Balaban J connectivity index is 1.78. The van der Waals surface area contributed by atoms with E-state index in [-0.39, 0.29) is 0 Å². The topological polar surface area (TPSA) is 41.6 Å². The van der Waals surface area contributed by atoms with E-state index >= 15 is 0 Å². The standard InChI is InChI=1S/C23H21N3/c1-16-12-20(13-21(15-24)23-8-3-4-11-25-23)17(2)26(16)22-10-9-18-6-5-7-19(18)14-22/h3-4,8-14H,5-7H2,1-2H3/b21-13+. The van der Waals surface area contributed by atoms with Crippen LogP contribution in [0.4, 0.5) is 0 Å². The van der Waals surface area contributed by atoms with Gasteiger partial charge in [0.25, 0.3) is 0 Å². The second kappa shape index (κ2) is 6.65. The highest BCUT2D eigenvalue weighted by molar-refractivity contribution is 5.88. The molecule has 0 saturated carbocycles. The van der Waals surface area contributed by atoms with Gasteiger partial charge in [0.2, 0.25) is 0 Å². The van der Waals surface area contributed by atoms with Crippen LogP contribution in [0.25, 0.3) is 17.3 Å². The van der Waals surface area contributed by atoms with Gasteiger partial charge in [0, 0.05) is 23.3 Å². The highest BCUT2D eigenvalue weighted by Crippen LogP contribution is 2.28. The summed E-state index contributed by atoms with van der Waals surface area (Å²) in [5, 5.41) is 9.57. The number of hydrogen-bond acceptors (Lipinski definition) is 2. The van der Waals surface area contributed by atoms with Crippen molar-refractivity contribution in [2.75, 3.05) is 0 Å². The molecular formula is C23H21N3. The number of rotatable bonds is 3. The van der Waals surface area contributed by atoms with Crippen molar-refractivity contribution in [3.8, 4) is 11.8 Å². The summed E-state index contributed by atoms with van der Waals surface area (Å²) in [6.45, 7) is 4.23. The lowest BCUT2D eigenvalue weighted by atomic mass is 10.1. The van der Waals surface area contributed by atoms with Crippen LogP contribution in [0.3, 0.4) is 0 Å². The average molecular weight is 339 g/mol. The third-order valence-electron chi connectivity index (χ3n) is 5.17. The highest BCUT2D eigenvalue weighted by Gasteiger charge is 2.15. The minimum absolute atomic E-state index is 0.583. The molecule has 2 aromatic heterocycles. The molecule has 3 nitrogen and oxygen atoms in total. The van der Waals surface area contributed by atoms with Gasteiger partial charge in [-0.15, -0.1) is 0 Å². The molecule has 26 heavy (non-hydrogen) atoms. The fourth-order valence-corrected chi connectivity index (χ4v) is 3.87. The van der Waals surface area contributed by atoms with Crippen LogP contribution in [-0.2, 0) is 12.8 Å². The van der Waals surface area contributed by atoms with Crippen molar-refractivity contribution in [3.63, 3.8) is 0 Å². The van der Waals surface area contributed by atoms with E-state index in [1.165, 1.54) is 41.8 Å². The Morgan fingerprint density at radius 2 is 1.96 bits per heavy atom. The lowest BCUT2D eigenvalue weighted by Crippen LogP contribution is -2.00. The van der Waals surface area contributed by atoms with Gasteiger partial charge in [0.15, 0.2) is 0 Å². The molecule has 0 amide bonds. The molecule has 0 aliphatic heterocycles. The first kappa shape index (κ1) is 16.4. The number of nitriles is 1. The van der Waals surface area contributed by atoms with Crippen molar-refractivity contribution in [2.24, 2.45) is 0 Å². The molecule has 3 aromatic rings. The van der Waals surface area contributed by atoms with Gasteiger partial charge in [-0.2, -0.15) is 5.26 Å². The fourth-order valence-electron chi connectivity index (χ4n) is 3.87. The molecule has 3 heteroatoms. The van der Waals surface area contributed by atoms with E-state index in [1.807, 2.05) is 24.3 Å². The summed E-state index contributed by atoms with van der Waals surface area (Å²) < 4.78 is 2.28. The second-order valence-electron chi connectivity index (χ2n) is 6.85. The second-order valence-corrected chi connectivity index (χ2v) is 6.85. The van der Waals surface area contributed by atoms with Crippen LogP contribution in [0.5, 0.6) is 0 Å². The zero-order chi connectivity index (χ0) is 18.1. The maximum atomic E-state index is 9.57. The van der Waals surface area contributed by atoms with Crippen molar-refractivity contribution in [1.82, 2.24) is 9.55 Å². The van der Waals surface area contributed by atoms with Gasteiger partial charge in [-0.25, -0.2) is 0 Å². The van der Waals surface area contributed by atoms with Gasteiger partial charge < -0.3 is 4.57 Å². The molecule has 0 saturated heterocycles. The zero-order valence-electron chi connectivity index (χ0n) is 15.2. The quantitative estimate of drug-likeness (QED) is 0.627. The van der Waals surface area contributed by atoms with Crippen molar-refractivity contribution < 1.29 is 0 Å². The summed E-state index contributed by atoms with van der Waals surface area (Å²) in [4.78, 5) is 4.30. The predicted molar refractivity (Wildman–Crippen MR) is 105 cm³/mol. The monoisotopic (exact) mass is 339 g/mol. The first-order chi connectivity index (χ1) is 12.7. The molecule has 0 atom stereocenters. The number of benzene rings is 1. The number of aryl methyl sites for hydroxylation is 3. The Kier molecular flexibility index (Phi) is 4.18. The first-order valence-corrected chi connectivity index (χ1v) is 9.01. The lowest BCUT2D eigenvalue weighted by Gasteiger charge is -2.11. The SMILES string of the molecule is Cc1cc(/C=C(\C#N)c2ccccn2)c(C)n1-c1ccc2c(c1)CCC2. The molecular weight excluding hydrogens is 318 g/mol. The molecule has 0 spiro atoms. The summed E-state index contributed by atoms with van der Waals surface area (Å²) in [5.74, 6) is 0. The predicted octanol–water partition coefficient (Wildman–Crippen LogP) is 5.04. The molecule has 1 aliphatic rings. The molecule has 0 unspecified atom stereocenters. The number of allylic oxidation sites excluding steroid dienone is 1. The number of fused-ring (bicyclic) bond motifs is 1. The summed E-state index contributed by atoms with van der Waals surface area (Å²) in [7, 11) is 0. The molecule has 4 rings (SSSR count). The van der Waals surface area contributed by atoms with Crippen molar-refractivity contribution >= 4 is 11.6 Å². The fraction of sp³-hybridized carbons (Fsp3) is 0.217. The molecule has 1 aromatic carbocycles. The first-order valence-electron chi connectivity index (χ1n) is 9.01. The summed E-state index contributed by atoms with van der Waals surface area (Å²) in [5.41, 5.74) is 8.82. The number of aromatic nitrogens is 2. The zero-order valence-corrected chi connectivity index (χ0v) is 15.2. The summed E-state index contributed by atoms with van der Waals surface area (Å²) >= 11 is 0. The van der Waals surface area contributed by atoms with E-state index < -0.39 is 0 Å². The molecule has 1 aliphatic carbocycles.